The fourth-order valence-corrected chi connectivity index (χ4v) is 2.71. The van der Waals surface area contributed by atoms with Gasteiger partial charge in [0.2, 0.25) is 0 Å². The topological polar surface area (TPSA) is 107 Å². The van der Waals surface area contributed by atoms with Crippen LogP contribution in [-0.4, -0.2) is 40.2 Å². The van der Waals surface area contributed by atoms with Crippen LogP contribution in [0.3, 0.4) is 0 Å². The Bertz CT molecular complexity index is 967. The summed E-state index contributed by atoms with van der Waals surface area (Å²) >= 11 is 0. The molecule has 2 amide bonds. The maximum atomic E-state index is 12.2. The van der Waals surface area contributed by atoms with Gasteiger partial charge >= 0.3 is 0 Å². The van der Waals surface area contributed by atoms with E-state index in [2.05, 4.69) is 20.8 Å². The predicted molar refractivity (Wildman–Crippen MR) is 106 cm³/mol. The molecule has 4 N–H and O–H groups in total. The maximum Gasteiger partial charge on any atom is 0.269 e. The Morgan fingerprint density at radius 3 is 2.46 bits per heavy atom. The number of carbonyl (C=O) groups is 2. The molecule has 0 radical (unpaired) electrons. The fraction of sp³-hybridized carbons (Fsp3) is 0.190. The van der Waals surface area contributed by atoms with Crippen molar-refractivity contribution in [3.63, 3.8) is 0 Å². The number of benzene rings is 2. The van der Waals surface area contributed by atoms with Crippen molar-refractivity contribution >= 4 is 11.8 Å². The van der Waals surface area contributed by atoms with Crippen LogP contribution in [0.1, 0.15) is 32.8 Å². The maximum absolute atomic E-state index is 12.2. The number of amides is 2. The Morgan fingerprint density at radius 1 is 1.00 bits per heavy atom. The average Bonchev–Trinajstić information content (AvgIpc) is 3.20. The first-order chi connectivity index (χ1) is 13.5. The van der Waals surface area contributed by atoms with E-state index in [0.717, 1.165) is 11.1 Å². The van der Waals surface area contributed by atoms with E-state index in [1.165, 1.54) is 6.07 Å². The molecule has 1 heterocycles. The molecule has 144 valence electrons. The van der Waals surface area contributed by atoms with Crippen LogP contribution in [0.5, 0.6) is 5.75 Å². The monoisotopic (exact) mass is 378 g/mol. The zero-order valence-corrected chi connectivity index (χ0v) is 15.5. The Labute approximate surface area is 162 Å². The SMILES string of the molecule is Cc1ccc(O)c(C(=O)NCCCNC(=O)c2cc(-c3ccccc3)n[nH]2)c1. The quantitative estimate of drug-likeness (QED) is 0.474. The van der Waals surface area contributed by atoms with Gasteiger partial charge in [-0.2, -0.15) is 5.10 Å². The highest BCUT2D eigenvalue weighted by molar-refractivity contribution is 5.97. The van der Waals surface area contributed by atoms with E-state index in [1.54, 1.807) is 18.2 Å². The number of aromatic amines is 1. The number of phenolic OH excluding ortho intramolecular Hbond substituents is 1. The molecule has 3 rings (SSSR count). The zero-order chi connectivity index (χ0) is 19.9. The normalized spacial score (nSPS) is 10.5. The lowest BCUT2D eigenvalue weighted by Gasteiger charge is -2.08. The van der Waals surface area contributed by atoms with E-state index in [0.29, 0.717) is 30.9 Å². The first-order valence-corrected chi connectivity index (χ1v) is 9.01. The molecular formula is C21H22N4O3. The van der Waals surface area contributed by atoms with Crippen molar-refractivity contribution in [3.8, 4) is 17.0 Å². The van der Waals surface area contributed by atoms with Gasteiger partial charge in [0.1, 0.15) is 11.4 Å². The predicted octanol–water partition coefficient (Wildman–Crippen LogP) is 2.64. The number of nitrogens with one attached hydrogen (secondary N) is 3. The van der Waals surface area contributed by atoms with Crippen molar-refractivity contribution in [2.75, 3.05) is 13.1 Å². The summed E-state index contributed by atoms with van der Waals surface area (Å²) in [4.78, 5) is 24.3. The van der Waals surface area contributed by atoms with Crippen molar-refractivity contribution in [2.45, 2.75) is 13.3 Å². The van der Waals surface area contributed by atoms with Gasteiger partial charge < -0.3 is 15.7 Å². The zero-order valence-electron chi connectivity index (χ0n) is 15.5. The van der Waals surface area contributed by atoms with Crippen molar-refractivity contribution in [1.29, 1.82) is 0 Å². The number of hydrogen-bond acceptors (Lipinski definition) is 4. The lowest BCUT2D eigenvalue weighted by atomic mass is 10.1. The van der Waals surface area contributed by atoms with Crippen LogP contribution >= 0.6 is 0 Å². The molecule has 0 unspecified atom stereocenters. The number of aromatic hydroxyl groups is 1. The number of hydrogen-bond donors (Lipinski definition) is 4. The average molecular weight is 378 g/mol. The molecule has 3 aromatic rings. The van der Waals surface area contributed by atoms with Crippen molar-refractivity contribution in [2.24, 2.45) is 0 Å². The fourth-order valence-electron chi connectivity index (χ4n) is 2.71. The Kier molecular flexibility index (Phi) is 6.06. The summed E-state index contributed by atoms with van der Waals surface area (Å²) in [5.74, 6) is -0.643. The number of aryl methyl sites for hydroxylation is 1. The molecule has 7 nitrogen and oxygen atoms in total. The Hall–Kier alpha value is -3.61. The van der Waals surface area contributed by atoms with Gasteiger partial charge in [0, 0.05) is 18.7 Å². The summed E-state index contributed by atoms with van der Waals surface area (Å²) in [5, 5.41) is 22.2. The number of nitrogens with zero attached hydrogens (tertiary/aromatic N) is 1. The number of aromatic nitrogens is 2. The molecule has 0 saturated heterocycles. The third kappa shape index (κ3) is 4.76. The van der Waals surface area contributed by atoms with Gasteiger partial charge in [-0.3, -0.25) is 14.7 Å². The Balaban J connectivity index is 1.43. The highest BCUT2D eigenvalue weighted by Gasteiger charge is 2.12. The second kappa shape index (κ2) is 8.85. The molecule has 28 heavy (non-hydrogen) atoms. The minimum atomic E-state index is -0.339. The molecule has 0 fully saturated rings. The molecule has 1 aromatic heterocycles. The number of H-pyrrole nitrogens is 1. The smallest absolute Gasteiger partial charge is 0.269 e. The van der Waals surface area contributed by atoms with Crippen molar-refractivity contribution in [3.05, 3.63) is 71.4 Å². The van der Waals surface area contributed by atoms with E-state index in [1.807, 2.05) is 37.3 Å². The lowest BCUT2D eigenvalue weighted by molar-refractivity contribution is 0.0947. The third-order valence-corrected chi connectivity index (χ3v) is 4.21. The molecule has 0 saturated carbocycles. The van der Waals surface area contributed by atoms with Gasteiger partial charge in [0.15, 0.2) is 0 Å². The molecule has 2 aromatic carbocycles. The molecule has 0 atom stereocenters. The summed E-state index contributed by atoms with van der Waals surface area (Å²) in [6.45, 7) is 2.63. The van der Waals surface area contributed by atoms with Crippen LogP contribution in [-0.2, 0) is 0 Å². The third-order valence-electron chi connectivity index (χ3n) is 4.21. The summed E-state index contributed by atoms with van der Waals surface area (Å²) in [6, 6.07) is 16.2. The van der Waals surface area contributed by atoms with Crippen LogP contribution in [0.4, 0.5) is 0 Å². The highest BCUT2D eigenvalue weighted by Crippen LogP contribution is 2.18. The van der Waals surface area contributed by atoms with Gasteiger partial charge in [-0.1, -0.05) is 42.0 Å². The highest BCUT2D eigenvalue weighted by atomic mass is 16.3. The Morgan fingerprint density at radius 2 is 1.71 bits per heavy atom. The van der Waals surface area contributed by atoms with E-state index in [9.17, 15) is 14.7 Å². The van der Waals surface area contributed by atoms with Crippen molar-refractivity contribution < 1.29 is 14.7 Å². The van der Waals surface area contributed by atoms with Gasteiger partial charge in [0.05, 0.1) is 11.3 Å². The minimum absolute atomic E-state index is 0.0510. The minimum Gasteiger partial charge on any atom is -0.507 e. The second-order valence-corrected chi connectivity index (χ2v) is 6.42. The van der Waals surface area contributed by atoms with E-state index < -0.39 is 0 Å². The molecule has 7 heteroatoms. The van der Waals surface area contributed by atoms with Crippen LogP contribution < -0.4 is 10.6 Å². The summed E-state index contributed by atoms with van der Waals surface area (Å²) in [7, 11) is 0. The molecular weight excluding hydrogens is 356 g/mol. The summed E-state index contributed by atoms with van der Waals surface area (Å²) in [6.07, 6.45) is 0.559. The van der Waals surface area contributed by atoms with E-state index >= 15 is 0 Å². The van der Waals surface area contributed by atoms with E-state index in [-0.39, 0.29) is 23.1 Å². The van der Waals surface area contributed by atoms with Gasteiger partial charge in [0.25, 0.3) is 11.8 Å². The molecule has 0 spiro atoms. The first-order valence-electron chi connectivity index (χ1n) is 9.01. The molecule has 0 aliphatic rings. The molecule has 0 aliphatic heterocycles. The van der Waals surface area contributed by atoms with Crippen LogP contribution in [0.2, 0.25) is 0 Å². The van der Waals surface area contributed by atoms with Gasteiger partial charge in [-0.25, -0.2) is 0 Å². The van der Waals surface area contributed by atoms with Gasteiger partial charge in [-0.05, 0) is 31.5 Å². The van der Waals surface area contributed by atoms with Crippen LogP contribution in [0.25, 0.3) is 11.3 Å². The lowest BCUT2D eigenvalue weighted by Crippen LogP contribution is -2.30. The standard InChI is InChI=1S/C21H22N4O3/c1-14-8-9-19(26)16(12-14)20(27)22-10-5-11-23-21(28)18-13-17(24-25-18)15-6-3-2-4-7-15/h2-4,6-9,12-13,26H,5,10-11H2,1H3,(H,22,27)(H,23,28)(H,24,25). The van der Waals surface area contributed by atoms with Crippen LogP contribution in [0, 0.1) is 6.92 Å². The van der Waals surface area contributed by atoms with Crippen molar-refractivity contribution in [1.82, 2.24) is 20.8 Å². The summed E-state index contributed by atoms with van der Waals surface area (Å²) < 4.78 is 0. The van der Waals surface area contributed by atoms with Gasteiger partial charge in [-0.15, -0.1) is 0 Å². The molecule has 0 bridgehead atoms. The molecule has 0 aliphatic carbocycles. The number of carbonyl (C=O) groups excluding carboxylic acids is 2. The first kappa shape index (κ1) is 19.2. The summed E-state index contributed by atoms with van der Waals surface area (Å²) in [5.41, 5.74) is 3.16. The van der Waals surface area contributed by atoms with Crippen LogP contribution in [0.15, 0.2) is 54.6 Å². The largest absolute Gasteiger partial charge is 0.507 e. The number of phenols is 1. The number of rotatable bonds is 7. The second-order valence-electron chi connectivity index (χ2n) is 6.42. The van der Waals surface area contributed by atoms with E-state index in [4.69, 9.17) is 0 Å².